The number of fused-ring (bicyclic) bond motifs is 2. The lowest BCUT2D eigenvalue weighted by molar-refractivity contribution is 0.526. The van der Waals surface area contributed by atoms with Gasteiger partial charge in [-0.3, -0.25) is 0 Å². The minimum absolute atomic E-state index is 0.121. The molecule has 5 aliphatic carbocycles. The number of nitrogens with zero attached hydrogens (tertiary/aromatic N) is 2. The molecule has 5 aliphatic rings. The van der Waals surface area contributed by atoms with Crippen LogP contribution in [-0.4, -0.2) is 0 Å². The van der Waals surface area contributed by atoms with Crippen LogP contribution in [0.1, 0.15) is 73.6 Å². The first-order valence-electron chi connectivity index (χ1n) is 11.9. The first-order chi connectivity index (χ1) is 14.8. The standard InChI is InChI=1S/C28H28N2/c29-15-25-26(16-30)28-22-10-2-6-18-14-20-8-4-12-24(28)23-11-3-7-19(20)13-17(18)5-1-9-21(22)27(23)25/h13-14,27-28H,1-12H2. The third-order valence-electron chi connectivity index (χ3n) is 8.42. The summed E-state index contributed by atoms with van der Waals surface area (Å²) < 4.78 is 0. The summed E-state index contributed by atoms with van der Waals surface area (Å²) in [5.41, 5.74) is 14.1. The Bertz CT molecular complexity index is 980. The van der Waals surface area contributed by atoms with Crippen molar-refractivity contribution in [2.75, 3.05) is 0 Å². The summed E-state index contributed by atoms with van der Waals surface area (Å²) in [4.78, 5) is 0. The molecule has 0 N–H and O–H groups in total. The number of rotatable bonds is 0. The van der Waals surface area contributed by atoms with Crippen molar-refractivity contribution in [3.05, 3.63) is 67.8 Å². The second-order valence-corrected chi connectivity index (χ2v) is 9.82. The molecular formula is C28H28N2. The van der Waals surface area contributed by atoms with Gasteiger partial charge in [-0.1, -0.05) is 34.4 Å². The van der Waals surface area contributed by atoms with Crippen molar-refractivity contribution in [3.8, 4) is 12.1 Å². The Morgan fingerprint density at radius 3 is 1.07 bits per heavy atom. The summed E-state index contributed by atoms with van der Waals surface area (Å²) in [6, 6.07) is 10.2. The highest BCUT2D eigenvalue weighted by Gasteiger charge is 2.45. The van der Waals surface area contributed by atoms with Gasteiger partial charge in [-0.2, -0.15) is 10.5 Å². The summed E-state index contributed by atoms with van der Waals surface area (Å²) in [7, 11) is 0. The van der Waals surface area contributed by atoms with Crippen LogP contribution in [0, 0.1) is 34.5 Å². The van der Waals surface area contributed by atoms with Gasteiger partial charge in [-0.25, -0.2) is 0 Å². The number of hydrogen-bond donors (Lipinski definition) is 0. The highest BCUT2D eigenvalue weighted by Crippen LogP contribution is 2.56. The zero-order chi connectivity index (χ0) is 20.2. The fraction of sp³-hybridized carbons (Fsp3) is 0.500. The lowest BCUT2D eigenvalue weighted by Crippen LogP contribution is -2.34. The lowest BCUT2D eigenvalue weighted by atomic mass is 9.58. The van der Waals surface area contributed by atoms with Crippen LogP contribution in [0.5, 0.6) is 0 Å². The van der Waals surface area contributed by atoms with E-state index in [-0.39, 0.29) is 11.8 Å². The van der Waals surface area contributed by atoms with Gasteiger partial charge in [0, 0.05) is 11.8 Å². The molecule has 0 spiro atoms. The Morgan fingerprint density at radius 2 is 0.800 bits per heavy atom. The average Bonchev–Trinajstić information content (AvgIpc) is 2.76. The third kappa shape index (κ3) is 2.53. The van der Waals surface area contributed by atoms with E-state index in [2.05, 4.69) is 24.3 Å². The maximum Gasteiger partial charge on any atom is 0.0967 e. The lowest BCUT2D eigenvalue weighted by Gasteiger charge is -2.45. The highest BCUT2D eigenvalue weighted by atomic mass is 14.5. The van der Waals surface area contributed by atoms with Gasteiger partial charge in [0.15, 0.2) is 0 Å². The normalized spacial score (nSPS) is 27.3. The molecule has 0 heterocycles. The zero-order valence-electron chi connectivity index (χ0n) is 17.7. The van der Waals surface area contributed by atoms with Crippen LogP contribution in [0.4, 0.5) is 0 Å². The molecule has 2 bridgehead atoms. The van der Waals surface area contributed by atoms with Crippen molar-refractivity contribution in [3.63, 3.8) is 0 Å². The molecule has 0 saturated carbocycles. The molecule has 2 heteroatoms. The summed E-state index contributed by atoms with van der Waals surface area (Å²) in [5, 5.41) is 20.2. The molecule has 0 aromatic heterocycles. The molecule has 1 aromatic carbocycles. The second-order valence-electron chi connectivity index (χ2n) is 9.82. The van der Waals surface area contributed by atoms with E-state index in [1.807, 2.05) is 0 Å². The average molecular weight is 393 g/mol. The van der Waals surface area contributed by atoms with Crippen LogP contribution in [-0.2, 0) is 25.7 Å². The first-order valence-corrected chi connectivity index (χ1v) is 11.9. The van der Waals surface area contributed by atoms with Crippen LogP contribution < -0.4 is 0 Å². The highest BCUT2D eigenvalue weighted by molar-refractivity contribution is 5.64. The fourth-order valence-corrected chi connectivity index (χ4v) is 7.24. The molecule has 0 fully saturated rings. The number of nitriles is 2. The molecule has 150 valence electrons. The number of aryl methyl sites for hydroxylation is 4. The van der Waals surface area contributed by atoms with E-state index in [0.717, 1.165) is 88.2 Å². The quantitative estimate of drug-likeness (QED) is 0.492. The molecule has 0 aliphatic heterocycles. The van der Waals surface area contributed by atoms with Crippen LogP contribution in [0.2, 0.25) is 0 Å². The van der Waals surface area contributed by atoms with Crippen molar-refractivity contribution >= 4 is 0 Å². The minimum atomic E-state index is 0.121. The van der Waals surface area contributed by atoms with Crippen LogP contribution >= 0.6 is 0 Å². The summed E-state index contributed by atoms with van der Waals surface area (Å²) in [6.07, 6.45) is 13.6. The molecule has 2 nitrogen and oxygen atoms in total. The van der Waals surface area contributed by atoms with Gasteiger partial charge in [0.2, 0.25) is 0 Å². The molecule has 6 rings (SSSR count). The maximum absolute atomic E-state index is 10.1. The van der Waals surface area contributed by atoms with Gasteiger partial charge in [-0.05, 0) is 99.3 Å². The predicted octanol–water partition coefficient (Wildman–Crippen LogP) is 6.21. The first kappa shape index (κ1) is 18.2. The molecule has 0 atom stereocenters. The van der Waals surface area contributed by atoms with E-state index in [9.17, 15) is 10.5 Å². The number of hydrogen-bond acceptors (Lipinski definition) is 2. The monoisotopic (exact) mass is 392 g/mol. The Kier molecular flexibility index (Phi) is 4.24. The largest absolute Gasteiger partial charge is 0.193 e. The summed E-state index contributed by atoms with van der Waals surface area (Å²) in [6.45, 7) is 0. The molecular weight excluding hydrogens is 364 g/mol. The van der Waals surface area contributed by atoms with Crippen LogP contribution in [0.15, 0.2) is 45.6 Å². The summed E-state index contributed by atoms with van der Waals surface area (Å²) >= 11 is 0. The maximum atomic E-state index is 10.1. The van der Waals surface area contributed by atoms with E-state index in [1.165, 1.54) is 22.3 Å². The number of benzene rings is 1. The van der Waals surface area contributed by atoms with Crippen molar-refractivity contribution in [2.24, 2.45) is 11.8 Å². The minimum Gasteiger partial charge on any atom is -0.193 e. The van der Waals surface area contributed by atoms with Gasteiger partial charge in [0.1, 0.15) is 0 Å². The van der Waals surface area contributed by atoms with Gasteiger partial charge >= 0.3 is 0 Å². The van der Waals surface area contributed by atoms with Gasteiger partial charge < -0.3 is 0 Å². The van der Waals surface area contributed by atoms with E-state index >= 15 is 0 Å². The van der Waals surface area contributed by atoms with Crippen molar-refractivity contribution < 1.29 is 0 Å². The molecule has 30 heavy (non-hydrogen) atoms. The molecule has 1 aromatic rings. The SMILES string of the molecule is N#CC1=C(C#N)C2C3=C4CCCc5cc6c(cc5CCC3)CCCC2=C(CCC6)C14. The van der Waals surface area contributed by atoms with Gasteiger partial charge in [0.05, 0.1) is 23.3 Å². The van der Waals surface area contributed by atoms with E-state index in [1.54, 1.807) is 22.3 Å². The summed E-state index contributed by atoms with van der Waals surface area (Å²) in [5.74, 6) is 0.241. The molecule has 0 radical (unpaired) electrons. The zero-order valence-corrected chi connectivity index (χ0v) is 17.7. The van der Waals surface area contributed by atoms with E-state index in [4.69, 9.17) is 0 Å². The van der Waals surface area contributed by atoms with Crippen molar-refractivity contribution in [2.45, 2.75) is 77.0 Å². The third-order valence-corrected chi connectivity index (χ3v) is 8.42. The van der Waals surface area contributed by atoms with E-state index < -0.39 is 0 Å². The Balaban J connectivity index is 1.62. The second kappa shape index (κ2) is 6.99. The van der Waals surface area contributed by atoms with E-state index in [0.29, 0.717) is 0 Å². The molecule has 0 saturated heterocycles. The Labute approximate surface area is 179 Å². The molecule has 0 unspecified atom stereocenters. The van der Waals surface area contributed by atoms with Gasteiger partial charge in [-0.15, -0.1) is 0 Å². The van der Waals surface area contributed by atoms with Crippen molar-refractivity contribution in [1.82, 2.24) is 0 Å². The predicted molar refractivity (Wildman–Crippen MR) is 117 cm³/mol. The Morgan fingerprint density at radius 1 is 0.500 bits per heavy atom. The molecule has 0 amide bonds. The smallest absolute Gasteiger partial charge is 0.0967 e. The van der Waals surface area contributed by atoms with Crippen LogP contribution in [0.3, 0.4) is 0 Å². The van der Waals surface area contributed by atoms with Gasteiger partial charge in [0.25, 0.3) is 0 Å². The fourth-order valence-electron chi connectivity index (χ4n) is 7.24. The topological polar surface area (TPSA) is 47.6 Å². The Hall–Kier alpha value is -2.58. The number of allylic oxidation sites excluding steroid dienone is 6. The van der Waals surface area contributed by atoms with Crippen molar-refractivity contribution in [1.29, 1.82) is 10.5 Å². The van der Waals surface area contributed by atoms with Crippen LogP contribution in [0.25, 0.3) is 0 Å².